The van der Waals surface area contributed by atoms with Gasteiger partial charge in [-0.2, -0.15) is 9.78 Å². The maximum absolute atomic E-state index is 12.7. The molecule has 0 fully saturated rings. The molecule has 1 aliphatic rings. The van der Waals surface area contributed by atoms with E-state index in [4.69, 9.17) is 11.6 Å². The quantitative estimate of drug-likeness (QED) is 0.706. The van der Waals surface area contributed by atoms with Gasteiger partial charge in [0, 0.05) is 35.3 Å². The van der Waals surface area contributed by atoms with E-state index in [0.29, 0.717) is 34.9 Å². The van der Waals surface area contributed by atoms with Gasteiger partial charge in [-0.15, -0.1) is 0 Å². The molecule has 0 radical (unpaired) electrons. The van der Waals surface area contributed by atoms with Crippen LogP contribution in [-0.2, 0) is 13.0 Å². The Kier molecular flexibility index (Phi) is 3.99. The molecule has 0 amide bonds. The lowest BCUT2D eigenvalue weighted by molar-refractivity contribution is 0.0937. The number of rotatable bonds is 3. The Hall–Kier alpha value is -2.70. The molecule has 4 rings (SSSR count). The molecule has 1 unspecified atom stereocenters. The topological polar surface area (TPSA) is 80.0 Å². The molecule has 0 spiro atoms. The number of pyridine rings is 1. The molecule has 3 heterocycles. The van der Waals surface area contributed by atoms with E-state index in [9.17, 15) is 9.90 Å². The van der Waals surface area contributed by atoms with Gasteiger partial charge in [-0.05, 0) is 36.4 Å². The molecule has 2 N–H and O–H groups in total. The van der Waals surface area contributed by atoms with Crippen LogP contribution in [0.3, 0.4) is 0 Å². The molecule has 1 aliphatic heterocycles. The van der Waals surface area contributed by atoms with Crippen molar-refractivity contribution in [3.63, 3.8) is 0 Å². The van der Waals surface area contributed by atoms with Crippen LogP contribution in [0, 0.1) is 0 Å². The molecular weight excluding hydrogens is 340 g/mol. The minimum absolute atomic E-state index is 0.0316. The predicted molar refractivity (Wildman–Crippen MR) is 93.1 cm³/mol. The minimum atomic E-state index is -0.416. The first-order valence-electron chi connectivity index (χ1n) is 7.88. The number of hydrogen-bond acceptors (Lipinski definition) is 5. The number of nitrogens with one attached hydrogen (secondary N) is 1. The number of Topliss-reactive ketones (excluding diaryl/α,β-unsaturated/α-hetero) is 1. The molecule has 3 aromatic rings. The van der Waals surface area contributed by atoms with E-state index in [1.807, 2.05) is 6.07 Å². The van der Waals surface area contributed by atoms with Gasteiger partial charge >= 0.3 is 0 Å². The summed E-state index contributed by atoms with van der Waals surface area (Å²) in [6.07, 6.45) is 2.01. The van der Waals surface area contributed by atoms with E-state index in [-0.39, 0.29) is 11.7 Å². The van der Waals surface area contributed by atoms with Gasteiger partial charge in [0.25, 0.3) is 0 Å². The van der Waals surface area contributed by atoms with E-state index in [2.05, 4.69) is 15.4 Å². The van der Waals surface area contributed by atoms with Crippen molar-refractivity contribution in [3.8, 4) is 11.7 Å². The Labute approximate surface area is 149 Å². The van der Waals surface area contributed by atoms with Crippen molar-refractivity contribution in [1.29, 1.82) is 0 Å². The molecule has 0 saturated carbocycles. The molecular formula is C18H15ClN4O2. The second kappa shape index (κ2) is 6.31. The Morgan fingerprint density at radius 3 is 2.76 bits per heavy atom. The highest BCUT2D eigenvalue weighted by Gasteiger charge is 2.30. The molecule has 0 saturated heterocycles. The van der Waals surface area contributed by atoms with Gasteiger partial charge in [0.15, 0.2) is 11.6 Å². The lowest BCUT2D eigenvalue weighted by Crippen LogP contribution is -2.41. The smallest absolute Gasteiger partial charge is 0.219 e. The average Bonchev–Trinajstić information content (AvgIpc) is 2.99. The van der Waals surface area contributed by atoms with Gasteiger partial charge in [0.05, 0.1) is 11.7 Å². The van der Waals surface area contributed by atoms with Crippen molar-refractivity contribution in [1.82, 2.24) is 20.1 Å². The van der Waals surface area contributed by atoms with Gasteiger partial charge in [-0.1, -0.05) is 17.7 Å². The van der Waals surface area contributed by atoms with E-state index in [1.54, 1.807) is 42.6 Å². The fraction of sp³-hybridized carbons (Fsp3) is 0.167. The SMILES string of the molecule is O=C(c1ccc(Cl)cc1)C1Cc2c(nn(-c3ccccn3)c2O)CN1. The minimum Gasteiger partial charge on any atom is -0.493 e. The number of carbonyl (C=O) groups excluding carboxylic acids is 1. The number of hydrogen-bond donors (Lipinski definition) is 2. The summed E-state index contributed by atoms with van der Waals surface area (Å²) in [5.41, 5.74) is 1.99. The Morgan fingerprint density at radius 2 is 2.04 bits per heavy atom. The van der Waals surface area contributed by atoms with Crippen LogP contribution in [0.1, 0.15) is 21.6 Å². The van der Waals surface area contributed by atoms with Crippen molar-refractivity contribution in [2.75, 3.05) is 0 Å². The monoisotopic (exact) mass is 354 g/mol. The molecule has 7 heteroatoms. The van der Waals surface area contributed by atoms with E-state index < -0.39 is 6.04 Å². The predicted octanol–water partition coefficient (Wildman–Crippen LogP) is 2.52. The number of benzene rings is 1. The standard InChI is InChI=1S/C18H15ClN4O2/c19-12-6-4-11(5-7-12)17(24)14-9-13-15(10-21-14)22-23(18(13)25)16-3-1-2-8-20-16/h1-8,14,21,25H,9-10H2. The van der Waals surface area contributed by atoms with Gasteiger partial charge < -0.3 is 10.4 Å². The Morgan fingerprint density at radius 1 is 1.24 bits per heavy atom. The molecule has 25 heavy (non-hydrogen) atoms. The molecule has 126 valence electrons. The second-order valence-electron chi connectivity index (χ2n) is 5.86. The summed E-state index contributed by atoms with van der Waals surface area (Å²) in [6, 6.07) is 11.8. The van der Waals surface area contributed by atoms with Gasteiger partial charge in [-0.25, -0.2) is 4.98 Å². The van der Waals surface area contributed by atoms with Crippen molar-refractivity contribution < 1.29 is 9.90 Å². The van der Waals surface area contributed by atoms with Gasteiger partial charge in [0.2, 0.25) is 5.88 Å². The Bertz CT molecular complexity index is 922. The fourth-order valence-electron chi connectivity index (χ4n) is 2.97. The molecule has 0 aliphatic carbocycles. The highest BCUT2D eigenvalue weighted by Crippen LogP contribution is 2.29. The van der Waals surface area contributed by atoms with Crippen LogP contribution in [0.25, 0.3) is 5.82 Å². The van der Waals surface area contributed by atoms with Crippen LogP contribution in [0.4, 0.5) is 0 Å². The average molecular weight is 355 g/mol. The highest BCUT2D eigenvalue weighted by molar-refractivity contribution is 6.30. The lowest BCUT2D eigenvalue weighted by atomic mass is 9.94. The third-order valence-corrected chi connectivity index (χ3v) is 4.53. The summed E-state index contributed by atoms with van der Waals surface area (Å²) in [5.74, 6) is 0.534. The zero-order chi connectivity index (χ0) is 17.4. The third kappa shape index (κ3) is 2.90. The maximum atomic E-state index is 12.7. The number of aromatic nitrogens is 3. The van der Waals surface area contributed by atoms with Crippen LogP contribution in [-0.4, -0.2) is 31.7 Å². The Balaban J connectivity index is 1.62. The van der Waals surface area contributed by atoms with Crippen molar-refractivity contribution in [2.24, 2.45) is 0 Å². The largest absolute Gasteiger partial charge is 0.493 e. The molecule has 6 nitrogen and oxygen atoms in total. The molecule has 1 atom stereocenters. The maximum Gasteiger partial charge on any atom is 0.219 e. The first-order valence-corrected chi connectivity index (χ1v) is 8.25. The molecule has 2 aromatic heterocycles. The van der Waals surface area contributed by atoms with Crippen molar-refractivity contribution in [3.05, 3.63) is 70.5 Å². The third-order valence-electron chi connectivity index (χ3n) is 4.28. The number of carbonyl (C=O) groups is 1. The fourth-order valence-corrected chi connectivity index (χ4v) is 3.10. The number of ketones is 1. The normalized spacial score (nSPS) is 16.4. The zero-order valence-corrected chi connectivity index (χ0v) is 13.9. The summed E-state index contributed by atoms with van der Waals surface area (Å²) < 4.78 is 1.40. The number of halogens is 1. The van der Waals surface area contributed by atoms with E-state index in [1.165, 1.54) is 4.68 Å². The van der Waals surface area contributed by atoms with Crippen LogP contribution in [0.15, 0.2) is 48.7 Å². The first kappa shape index (κ1) is 15.8. The lowest BCUT2D eigenvalue weighted by Gasteiger charge is -2.22. The summed E-state index contributed by atoms with van der Waals surface area (Å²) in [6.45, 7) is 0.409. The zero-order valence-electron chi connectivity index (χ0n) is 13.2. The number of aromatic hydroxyl groups is 1. The summed E-state index contributed by atoms with van der Waals surface area (Å²) >= 11 is 5.87. The number of nitrogens with zero attached hydrogens (tertiary/aromatic N) is 3. The summed E-state index contributed by atoms with van der Waals surface area (Å²) in [7, 11) is 0. The van der Waals surface area contributed by atoms with Crippen LogP contribution in [0.2, 0.25) is 5.02 Å². The van der Waals surface area contributed by atoms with Crippen molar-refractivity contribution >= 4 is 17.4 Å². The summed E-state index contributed by atoms with van der Waals surface area (Å²) in [4.78, 5) is 16.9. The van der Waals surface area contributed by atoms with Crippen LogP contribution < -0.4 is 5.32 Å². The van der Waals surface area contributed by atoms with E-state index in [0.717, 1.165) is 5.69 Å². The van der Waals surface area contributed by atoms with Gasteiger partial charge in [-0.3, -0.25) is 4.79 Å². The first-order chi connectivity index (χ1) is 12.1. The molecule has 1 aromatic carbocycles. The highest BCUT2D eigenvalue weighted by atomic mass is 35.5. The van der Waals surface area contributed by atoms with Gasteiger partial charge in [0.1, 0.15) is 0 Å². The second-order valence-corrected chi connectivity index (χ2v) is 6.29. The summed E-state index contributed by atoms with van der Waals surface area (Å²) in [5, 5.41) is 18.7. The molecule has 0 bridgehead atoms. The number of fused-ring (bicyclic) bond motifs is 1. The van der Waals surface area contributed by atoms with Crippen LogP contribution in [0.5, 0.6) is 5.88 Å². The van der Waals surface area contributed by atoms with E-state index >= 15 is 0 Å². The van der Waals surface area contributed by atoms with Crippen LogP contribution >= 0.6 is 11.6 Å². The van der Waals surface area contributed by atoms with Crippen molar-refractivity contribution in [2.45, 2.75) is 19.0 Å².